The van der Waals surface area contributed by atoms with Crippen molar-refractivity contribution in [3.05, 3.63) is 77.9 Å². The number of aryl methyl sites for hydroxylation is 1. The van der Waals surface area contributed by atoms with Gasteiger partial charge in [-0.2, -0.15) is 5.10 Å². The maximum atomic E-state index is 13.2. The SMILES string of the molecule is Cc1cccc(-n2nc(NC(C)c3ccc(F)cc3)cc2-c2ccn[nH]2)n1. The van der Waals surface area contributed by atoms with Crippen molar-refractivity contribution < 1.29 is 4.39 Å². The summed E-state index contributed by atoms with van der Waals surface area (Å²) in [5.74, 6) is 1.17. The molecular weight excluding hydrogens is 343 g/mol. The molecule has 0 amide bonds. The number of anilines is 1. The molecule has 0 saturated carbocycles. The van der Waals surface area contributed by atoms with Crippen LogP contribution in [0.1, 0.15) is 24.2 Å². The van der Waals surface area contributed by atoms with E-state index in [2.05, 4.69) is 25.6 Å². The van der Waals surface area contributed by atoms with Crippen LogP contribution in [0, 0.1) is 12.7 Å². The number of pyridine rings is 1. The van der Waals surface area contributed by atoms with Crippen molar-refractivity contribution in [2.24, 2.45) is 0 Å². The number of aromatic nitrogens is 5. The molecule has 7 heteroatoms. The zero-order valence-corrected chi connectivity index (χ0v) is 15.0. The molecule has 0 fully saturated rings. The molecule has 1 aromatic carbocycles. The highest BCUT2D eigenvalue weighted by Crippen LogP contribution is 2.26. The molecule has 1 atom stereocenters. The highest BCUT2D eigenvalue weighted by molar-refractivity contribution is 5.62. The third-order valence-electron chi connectivity index (χ3n) is 4.31. The number of nitrogens with zero attached hydrogens (tertiary/aromatic N) is 4. The lowest BCUT2D eigenvalue weighted by molar-refractivity contribution is 0.626. The molecule has 4 aromatic rings. The van der Waals surface area contributed by atoms with Gasteiger partial charge < -0.3 is 5.32 Å². The van der Waals surface area contributed by atoms with Gasteiger partial charge in [0.1, 0.15) is 11.6 Å². The van der Waals surface area contributed by atoms with Gasteiger partial charge in [0.2, 0.25) is 0 Å². The molecule has 0 radical (unpaired) electrons. The molecule has 0 spiro atoms. The molecule has 3 aromatic heterocycles. The monoisotopic (exact) mass is 362 g/mol. The Kier molecular flexibility index (Phi) is 4.42. The zero-order valence-electron chi connectivity index (χ0n) is 15.0. The Labute approximate surface area is 156 Å². The van der Waals surface area contributed by atoms with Gasteiger partial charge in [-0.1, -0.05) is 18.2 Å². The van der Waals surface area contributed by atoms with Crippen molar-refractivity contribution >= 4 is 5.82 Å². The van der Waals surface area contributed by atoms with Crippen molar-refractivity contribution in [3.8, 4) is 17.2 Å². The van der Waals surface area contributed by atoms with Crippen LogP contribution in [-0.4, -0.2) is 25.0 Å². The average molecular weight is 362 g/mol. The van der Waals surface area contributed by atoms with E-state index >= 15 is 0 Å². The Bertz CT molecular complexity index is 1040. The van der Waals surface area contributed by atoms with E-state index in [1.807, 2.05) is 44.2 Å². The standard InChI is InChI=1S/C20H19FN6/c1-13-4-3-5-20(23-13)27-18(17-10-11-22-25-17)12-19(26-27)24-14(2)15-6-8-16(21)9-7-15/h3-12,14H,1-2H3,(H,22,25)(H,24,26). The molecule has 0 saturated heterocycles. The second-order valence-corrected chi connectivity index (χ2v) is 6.35. The van der Waals surface area contributed by atoms with Crippen LogP contribution in [0.25, 0.3) is 17.2 Å². The molecule has 0 aliphatic heterocycles. The summed E-state index contributed by atoms with van der Waals surface area (Å²) in [4.78, 5) is 4.57. The topological polar surface area (TPSA) is 71.4 Å². The van der Waals surface area contributed by atoms with Crippen molar-refractivity contribution in [1.82, 2.24) is 25.0 Å². The van der Waals surface area contributed by atoms with E-state index < -0.39 is 0 Å². The first-order valence-electron chi connectivity index (χ1n) is 8.66. The van der Waals surface area contributed by atoms with Crippen molar-refractivity contribution in [2.45, 2.75) is 19.9 Å². The Hall–Kier alpha value is -3.48. The van der Waals surface area contributed by atoms with E-state index in [-0.39, 0.29) is 11.9 Å². The van der Waals surface area contributed by atoms with E-state index in [1.54, 1.807) is 23.0 Å². The molecule has 0 aliphatic carbocycles. The fourth-order valence-electron chi connectivity index (χ4n) is 2.92. The number of hydrogen-bond acceptors (Lipinski definition) is 4. The van der Waals surface area contributed by atoms with Gasteiger partial charge >= 0.3 is 0 Å². The normalized spacial score (nSPS) is 12.1. The van der Waals surface area contributed by atoms with Gasteiger partial charge in [0, 0.05) is 18.0 Å². The summed E-state index contributed by atoms with van der Waals surface area (Å²) < 4.78 is 14.9. The number of benzene rings is 1. The lowest BCUT2D eigenvalue weighted by Crippen LogP contribution is -2.08. The number of nitrogens with one attached hydrogen (secondary N) is 2. The summed E-state index contributed by atoms with van der Waals surface area (Å²) in [5, 5.41) is 15.1. The number of H-pyrrole nitrogens is 1. The third-order valence-corrected chi connectivity index (χ3v) is 4.31. The highest BCUT2D eigenvalue weighted by atomic mass is 19.1. The van der Waals surface area contributed by atoms with Crippen LogP contribution < -0.4 is 5.32 Å². The van der Waals surface area contributed by atoms with Crippen LogP contribution in [0.4, 0.5) is 10.2 Å². The van der Waals surface area contributed by atoms with Gasteiger partial charge in [-0.15, -0.1) is 5.10 Å². The zero-order chi connectivity index (χ0) is 18.8. The average Bonchev–Trinajstić information content (AvgIpc) is 3.31. The van der Waals surface area contributed by atoms with Crippen molar-refractivity contribution in [2.75, 3.05) is 5.32 Å². The van der Waals surface area contributed by atoms with Crippen LogP contribution >= 0.6 is 0 Å². The number of rotatable bonds is 5. The molecule has 136 valence electrons. The van der Waals surface area contributed by atoms with Crippen molar-refractivity contribution in [3.63, 3.8) is 0 Å². The predicted molar refractivity (Wildman–Crippen MR) is 102 cm³/mol. The summed E-state index contributed by atoms with van der Waals surface area (Å²) in [6.45, 7) is 3.95. The summed E-state index contributed by atoms with van der Waals surface area (Å²) in [5.41, 5.74) is 3.57. The molecule has 1 unspecified atom stereocenters. The molecule has 6 nitrogen and oxygen atoms in total. The fourth-order valence-corrected chi connectivity index (χ4v) is 2.92. The molecule has 4 rings (SSSR count). The molecule has 2 N–H and O–H groups in total. The van der Waals surface area contributed by atoms with Crippen LogP contribution in [0.5, 0.6) is 0 Å². The number of halogens is 1. The van der Waals surface area contributed by atoms with Gasteiger partial charge in [0.25, 0.3) is 0 Å². The lowest BCUT2D eigenvalue weighted by atomic mass is 10.1. The van der Waals surface area contributed by atoms with Gasteiger partial charge in [-0.3, -0.25) is 5.10 Å². The van der Waals surface area contributed by atoms with Crippen LogP contribution in [-0.2, 0) is 0 Å². The van der Waals surface area contributed by atoms with E-state index in [0.29, 0.717) is 5.82 Å². The first-order valence-corrected chi connectivity index (χ1v) is 8.66. The molecule has 27 heavy (non-hydrogen) atoms. The Morgan fingerprint density at radius 2 is 1.93 bits per heavy atom. The predicted octanol–water partition coefficient (Wildman–Crippen LogP) is 4.28. The van der Waals surface area contributed by atoms with E-state index in [1.165, 1.54) is 12.1 Å². The minimum absolute atomic E-state index is 0.0333. The summed E-state index contributed by atoms with van der Waals surface area (Å²) in [7, 11) is 0. The second-order valence-electron chi connectivity index (χ2n) is 6.35. The van der Waals surface area contributed by atoms with Crippen molar-refractivity contribution in [1.29, 1.82) is 0 Å². The lowest BCUT2D eigenvalue weighted by Gasteiger charge is -2.13. The fraction of sp³-hybridized carbons (Fsp3) is 0.150. The second kappa shape index (κ2) is 7.03. The Morgan fingerprint density at radius 1 is 1.11 bits per heavy atom. The minimum atomic E-state index is -0.248. The molecular formula is C20H19FN6. The Balaban J connectivity index is 1.70. The van der Waals surface area contributed by atoms with Crippen LogP contribution in [0.3, 0.4) is 0 Å². The summed E-state index contributed by atoms with van der Waals surface area (Å²) in [6.07, 6.45) is 1.70. The first-order chi connectivity index (χ1) is 13.1. The van der Waals surface area contributed by atoms with Gasteiger partial charge in [0.05, 0.1) is 17.4 Å². The third kappa shape index (κ3) is 3.57. The maximum Gasteiger partial charge on any atom is 0.154 e. The van der Waals surface area contributed by atoms with Gasteiger partial charge in [-0.05, 0) is 49.7 Å². The van der Waals surface area contributed by atoms with Gasteiger partial charge in [0.15, 0.2) is 5.82 Å². The maximum absolute atomic E-state index is 13.2. The smallest absolute Gasteiger partial charge is 0.154 e. The van der Waals surface area contributed by atoms with E-state index in [0.717, 1.165) is 28.5 Å². The molecule has 0 aliphatic rings. The number of aromatic amines is 1. The van der Waals surface area contributed by atoms with E-state index in [9.17, 15) is 4.39 Å². The number of hydrogen-bond donors (Lipinski definition) is 2. The van der Waals surface area contributed by atoms with Crippen LogP contribution in [0.2, 0.25) is 0 Å². The summed E-state index contributed by atoms with van der Waals surface area (Å²) in [6, 6.07) is 16.0. The largest absolute Gasteiger partial charge is 0.362 e. The van der Waals surface area contributed by atoms with E-state index in [4.69, 9.17) is 0 Å². The Morgan fingerprint density at radius 3 is 2.63 bits per heavy atom. The first kappa shape index (κ1) is 17.0. The summed E-state index contributed by atoms with van der Waals surface area (Å²) >= 11 is 0. The van der Waals surface area contributed by atoms with Gasteiger partial charge in [-0.25, -0.2) is 14.1 Å². The van der Waals surface area contributed by atoms with Crippen LogP contribution in [0.15, 0.2) is 60.8 Å². The minimum Gasteiger partial charge on any atom is -0.362 e. The quantitative estimate of drug-likeness (QED) is 0.556. The molecule has 3 heterocycles. The molecule has 0 bridgehead atoms. The highest BCUT2D eigenvalue weighted by Gasteiger charge is 2.15.